The topological polar surface area (TPSA) is 16.1 Å². The Labute approximate surface area is 117 Å². The summed E-state index contributed by atoms with van der Waals surface area (Å²) >= 11 is 5.90. The first kappa shape index (κ1) is 13.8. The zero-order valence-electron chi connectivity index (χ0n) is 10.8. The minimum Gasteiger partial charge on any atom is -0.363 e. The van der Waals surface area contributed by atoms with Crippen LogP contribution in [0, 0.1) is 5.82 Å². The third-order valence-corrected chi connectivity index (χ3v) is 3.28. The summed E-state index contributed by atoms with van der Waals surface area (Å²) in [5, 5.41) is 0. The van der Waals surface area contributed by atoms with Crippen LogP contribution in [0.2, 0.25) is 0 Å². The van der Waals surface area contributed by atoms with E-state index < -0.39 is 0 Å². The molecule has 0 saturated carbocycles. The number of nitrogens with zero attached hydrogens (tertiary/aromatic N) is 2. The Morgan fingerprint density at radius 3 is 2.68 bits per heavy atom. The molecule has 4 heteroatoms. The highest BCUT2D eigenvalue weighted by Crippen LogP contribution is 2.27. The van der Waals surface area contributed by atoms with Gasteiger partial charge in [0.15, 0.2) is 0 Å². The van der Waals surface area contributed by atoms with Gasteiger partial charge in [-0.3, -0.25) is 4.98 Å². The lowest BCUT2D eigenvalue weighted by atomic mass is 10.1. The van der Waals surface area contributed by atoms with Crippen molar-refractivity contribution < 1.29 is 4.39 Å². The fraction of sp³-hybridized carbons (Fsp3) is 0.267. The van der Waals surface area contributed by atoms with Crippen LogP contribution in [0.25, 0.3) is 0 Å². The van der Waals surface area contributed by atoms with Crippen LogP contribution in [-0.2, 0) is 12.4 Å². The van der Waals surface area contributed by atoms with E-state index >= 15 is 0 Å². The van der Waals surface area contributed by atoms with Gasteiger partial charge in [0.2, 0.25) is 0 Å². The molecule has 0 spiro atoms. The number of rotatable bonds is 5. The van der Waals surface area contributed by atoms with E-state index in [-0.39, 0.29) is 5.82 Å². The molecule has 0 atom stereocenters. The lowest BCUT2D eigenvalue weighted by Crippen LogP contribution is -2.24. The van der Waals surface area contributed by atoms with Crippen LogP contribution < -0.4 is 4.90 Å². The van der Waals surface area contributed by atoms with Crippen molar-refractivity contribution in [1.29, 1.82) is 0 Å². The maximum absolute atomic E-state index is 14.1. The predicted octanol–water partition coefficient (Wildman–Crippen LogP) is 3.99. The molecule has 0 unspecified atom stereocenters. The molecule has 2 nitrogen and oxygen atoms in total. The summed E-state index contributed by atoms with van der Waals surface area (Å²) < 4.78 is 14.1. The van der Waals surface area contributed by atoms with Gasteiger partial charge < -0.3 is 4.90 Å². The van der Waals surface area contributed by atoms with Crippen molar-refractivity contribution >= 4 is 17.3 Å². The number of halogens is 2. The van der Waals surface area contributed by atoms with Crippen molar-refractivity contribution in [1.82, 2.24) is 4.98 Å². The first-order valence-electron chi connectivity index (χ1n) is 6.24. The van der Waals surface area contributed by atoms with E-state index in [1.165, 1.54) is 6.07 Å². The van der Waals surface area contributed by atoms with Crippen LogP contribution in [0.5, 0.6) is 0 Å². The largest absolute Gasteiger partial charge is 0.363 e. The Kier molecular flexibility index (Phi) is 4.74. The molecular weight excluding hydrogens is 263 g/mol. The number of alkyl halides is 1. The zero-order chi connectivity index (χ0) is 13.7. The predicted molar refractivity (Wildman–Crippen MR) is 76.9 cm³/mol. The third kappa shape index (κ3) is 3.24. The summed E-state index contributed by atoms with van der Waals surface area (Å²) in [5.74, 6) is 0.0576. The minimum atomic E-state index is -0.240. The molecule has 1 aromatic carbocycles. The van der Waals surface area contributed by atoms with E-state index in [1.54, 1.807) is 12.3 Å². The molecule has 0 fully saturated rings. The molecule has 0 radical (unpaired) electrons. The molecule has 0 saturated heterocycles. The Hall–Kier alpha value is -1.61. The molecule has 0 N–H and O–H groups in total. The van der Waals surface area contributed by atoms with Crippen molar-refractivity contribution in [2.24, 2.45) is 0 Å². The van der Waals surface area contributed by atoms with Crippen LogP contribution >= 0.6 is 11.6 Å². The molecule has 0 aliphatic carbocycles. The van der Waals surface area contributed by atoms with E-state index in [0.29, 0.717) is 24.7 Å². The van der Waals surface area contributed by atoms with Crippen LogP contribution in [-0.4, -0.2) is 11.5 Å². The second-order valence-corrected chi connectivity index (χ2v) is 4.48. The highest BCUT2D eigenvalue weighted by atomic mass is 35.5. The summed E-state index contributed by atoms with van der Waals surface area (Å²) in [4.78, 5) is 6.23. The number of hydrogen-bond donors (Lipinski definition) is 0. The number of anilines is 1. The van der Waals surface area contributed by atoms with E-state index in [1.807, 2.05) is 36.1 Å². The average molecular weight is 279 g/mol. The molecule has 2 aromatic rings. The number of pyridine rings is 1. The van der Waals surface area contributed by atoms with Crippen LogP contribution in [0.4, 0.5) is 10.1 Å². The smallest absolute Gasteiger partial charge is 0.146 e. The number of para-hydroxylation sites is 1. The van der Waals surface area contributed by atoms with Crippen LogP contribution in [0.1, 0.15) is 18.2 Å². The van der Waals surface area contributed by atoms with Gasteiger partial charge in [-0.05, 0) is 30.7 Å². The SMILES string of the molecule is CCN(Cc1ccccn1)c1c(F)cccc1CCl. The van der Waals surface area contributed by atoms with Gasteiger partial charge in [0.05, 0.1) is 17.9 Å². The lowest BCUT2D eigenvalue weighted by molar-refractivity contribution is 0.615. The van der Waals surface area contributed by atoms with Gasteiger partial charge in [0.25, 0.3) is 0 Å². The highest BCUT2D eigenvalue weighted by molar-refractivity contribution is 6.17. The minimum absolute atomic E-state index is 0.240. The standard InChI is InChI=1S/C15H16ClFN2/c1-2-19(11-13-7-3-4-9-18-13)15-12(10-16)6-5-8-14(15)17/h3-9H,2,10-11H2,1H3. The Morgan fingerprint density at radius 1 is 1.21 bits per heavy atom. The van der Waals surface area contributed by atoms with Crippen LogP contribution in [0.3, 0.4) is 0 Å². The van der Waals surface area contributed by atoms with E-state index in [4.69, 9.17) is 11.6 Å². The second-order valence-electron chi connectivity index (χ2n) is 4.22. The lowest BCUT2D eigenvalue weighted by Gasteiger charge is -2.25. The first-order chi connectivity index (χ1) is 9.26. The summed E-state index contributed by atoms with van der Waals surface area (Å²) in [6, 6.07) is 10.7. The summed E-state index contributed by atoms with van der Waals surface area (Å²) in [6.07, 6.45) is 1.74. The number of hydrogen-bond acceptors (Lipinski definition) is 2. The van der Waals surface area contributed by atoms with Gasteiger partial charge in [-0.2, -0.15) is 0 Å². The quantitative estimate of drug-likeness (QED) is 0.769. The maximum atomic E-state index is 14.1. The zero-order valence-corrected chi connectivity index (χ0v) is 11.6. The molecule has 0 amide bonds. The van der Waals surface area contributed by atoms with Crippen molar-refractivity contribution in [2.75, 3.05) is 11.4 Å². The molecule has 100 valence electrons. The average Bonchev–Trinajstić information content (AvgIpc) is 2.46. The number of benzene rings is 1. The molecular formula is C15H16ClFN2. The molecule has 1 aromatic heterocycles. The van der Waals surface area contributed by atoms with Gasteiger partial charge in [0.1, 0.15) is 5.82 Å². The van der Waals surface area contributed by atoms with Crippen molar-refractivity contribution in [3.05, 3.63) is 59.7 Å². The van der Waals surface area contributed by atoms with Gasteiger partial charge in [-0.1, -0.05) is 18.2 Å². The Morgan fingerprint density at radius 2 is 2.05 bits per heavy atom. The molecule has 0 aliphatic heterocycles. The Bertz CT molecular complexity index is 531. The van der Waals surface area contributed by atoms with Crippen molar-refractivity contribution in [3.8, 4) is 0 Å². The molecule has 1 heterocycles. The summed E-state index contributed by atoms with van der Waals surface area (Å²) in [5.41, 5.74) is 2.29. The highest BCUT2D eigenvalue weighted by Gasteiger charge is 2.15. The van der Waals surface area contributed by atoms with Gasteiger partial charge in [-0.25, -0.2) is 4.39 Å². The van der Waals surface area contributed by atoms with Gasteiger partial charge >= 0.3 is 0 Å². The van der Waals surface area contributed by atoms with E-state index in [9.17, 15) is 4.39 Å². The molecule has 19 heavy (non-hydrogen) atoms. The van der Waals surface area contributed by atoms with Gasteiger partial charge in [-0.15, -0.1) is 11.6 Å². The van der Waals surface area contributed by atoms with Gasteiger partial charge in [0, 0.05) is 18.6 Å². The van der Waals surface area contributed by atoms with Crippen molar-refractivity contribution in [3.63, 3.8) is 0 Å². The molecule has 0 aliphatic rings. The fourth-order valence-corrected chi connectivity index (χ4v) is 2.27. The number of aromatic nitrogens is 1. The van der Waals surface area contributed by atoms with Crippen molar-refractivity contribution in [2.45, 2.75) is 19.3 Å². The summed E-state index contributed by atoms with van der Waals surface area (Å²) in [6.45, 7) is 3.26. The van der Waals surface area contributed by atoms with E-state index in [0.717, 1.165) is 11.3 Å². The second kappa shape index (κ2) is 6.53. The maximum Gasteiger partial charge on any atom is 0.146 e. The van der Waals surface area contributed by atoms with E-state index in [2.05, 4.69) is 4.98 Å². The normalized spacial score (nSPS) is 10.5. The first-order valence-corrected chi connectivity index (χ1v) is 6.78. The van der Waals surface area contributed by atoms with Crippen LogP contribution in [0.15, 0.2) is 42.6 Å². The summed E-state index contributed by atoms with van der Waals surface area (Å²) in [7, 11) is 0. The Balaban J connectivity index is 2.32. The third-order valence-electron chi connectivity index (χ3n) is 2.99. The molecule has 2 rings (SSSR count). The monoisotopic (exact) mass is 278 g/mol. The fourth-order valence-electron chi connectivity index (χ4n) is 2.06. The molecule has 0 bridgehead atoms.